The van der Waals surface area contributed by atoms with Crippen LogP contribution in [0.15, 0.2) is 40.8 Å². The van der Waals surface area contributed by atoms with E-state index in [4.69, 9.17) is 4.42 Å². The average Bonchev–Trinajstić information content (AvgIpc) is 2.82. The Bertz CT molecular complexity index is 576. The third-order valence-corrected chi connectivity index (χ3v) is 3.30. The first kappa shape index (κ1) is 8.68. The summed E-state index contributed by atoms with van der Waals surface area (Å²) in [6.07, 6.45) is 0. The summed E-state index contributed by atoms with van der Waals surface area (Å²) < 4.78 is 6.74. The van der Waals surface area contributed by atoms with Crippen LogP contribution in [-0.2, 0) is 0 Å². The number of nitrogens with zero attached hydrogens (tertiary/aromatic N) is 1. The van der Waals surface area contributed by atoms with Crippen molar-refractivity contribution < 1.29 is 4.42 Å². The van der Waals surface area contributed by atoms with Crippen LogP contribution in [0.25, 0.3) is 21.0 Å². The Balaban J connectivity index is 2.19. The maximum atomic E-state index is 5.55. The average molecular weight is 215 g/mol. The molecule has 2 nitrogen and oxygen atoms in total. The van der Waals surface area contributed by atoms with Crippen molar-refractivity contribution in [3.8, 4) is 10.8 Å². The van der Waals surface area contributed by atoms with Crippen molar-refractivity contribution in [3.63, 3.8) is 0 Å². The van der Waals surface area contributed by atoms with Crippen molar-refractivity contribution in [2.24, 2.45) is 0 Å². The Morgan fingerprint density at radius 2 is 2.00 bits per heavy atom. The maximum absolute atomic E-state index is 5.55. The lowest BCUT2D eigenvalue weighted by Crippen LogP contribution is -1.69. The van der Waals surface area contributed by atoms with Gasteiger partial charge in [-0.1, -0.05) is 12.1 Å². The highest BCUT2D eigenvalue weighted by atomic mass is 32.1. The van der Waals surface area contributed by atoms with Gasteiger partial charge in [-0.3, -0.25) is 0 Å². The predicted molar refractivity (Wildman–Crippen MR) is 62.1 cm³/mol. The van der Waals surface area contributed by atoms with Crippen LogP contribution < -0.4 is 0 Å². The van der Waals surface area contributed by atoms with Gasteiger partial charge in [-0.15, -0.1) is 11.3 Å². The number of para-hydroxylation sites is 1. The van der Waals surface area contributed by atoms with Crippen LogP contribution in [-0.4, -0.2) is 4.98 Å². The number of aryl methyl sites for hydroxylation is 1. The van der Waals surface area contributed by atoms with Gasteiger partial charge in [-0.2, -0.15) is 0 Å². The van der Waals surface area contributed by atoms with Gasteiger partial charge in [0.2, 0.25) is 0 Å². The normalized spacial score (nSPS) is 11.0. The second-order valence-electron chi connectivity index (χ2n) is 3.40. The van der Waals surface area contributed by atoms with Crippen LogP contribution in [0, 0.1) is 6.92 Å². The van der Waals surface area contributed by atoms with E-state index < -0.39 is 0 Å². The number of fused-ring (bicyclic) bond motifs is 1. The minimum Gasteiger partial charge on any atom is -0.459 e. The molecule has 2 heterocycles. The zero-order valence-electron chi connectivity index (χ0n) is 8.23. The first-order chi connectivity index (χ1) is 7.33. The van der Waals surface area contributed by atoms with E-state index in [0.29, 0.717) is 0 Å². The first-order valence-electron chi connectivity index (χ1n) is 4.75. The molecule has 0 spiro atoms. The van der Waals surface area contributed by atoms with Crippen LogP contribution >= 0.6 is 11.3 Å². The number of benzene rings is 1. The maximum Gasteiger partial charge on any atom is 0.162 e. The van der Waals surface area contributed by atoms with Crippen molar-refractivity contribution in [2.75, 3.05) is 0 Å². The van der Waals surface area contributed by atoms with E-state index in [2.05, 4.69) is 11.1 Å². The summed E-state index contributed by atoms with van der Waals surface area (Å²) in [5.41, 5.74) is 1.03. The molecule has 0 atom stereocenters. The lowest BCUT2D eigenvalue weighted by atomic mass is 10.3. The summed E-state index contributed by atoms with van der Waals surface area (Å²) in [4.78, 5) is 4.52. The molecule has 2 aromatic heterocycles. The monoisotopic (exact) mass is 215 g/mol. The fourth-order valence-corrected chi connectivity index (χ4v) is 2.45. The molecule has 3 heteroatoms. The third-order valence-electron chi connectivity index (χ3n) is 2.25. The van der Waals surface area contributed by atoms with Gasteiger partial charge in [0.25, 0.3) is 0 Å². The predicted octanol–water partition coefficient (Wildman–Crippen LogP) is 3.86. The number of aromatic nitrogens is 1. The van der Waals surface area contributed by atoms with E-state index in [9.17, 15) is 0 Å². The van der Waals surface area contributed by atoms with E-state index in [1.807, 2.05) is 37.3 Å². The van der Waals surface area contributed by atoms with Crippen molar-refractivity contribution >= 4 is 21.6 Å². The molecule has 0 N–H and O–H groups in total. The Morgan fingerprint density at radius 3 is 2.73 bits per heavy atom. The highest BCUT2D eigenvalue weighted by Crippen LogP contribution is 2.30. The number of hydrogen-bond acceptors (Lipinski definition) is 3. The van der Waals surface area contributed by atoms with E-state index in [-0.39, 0.29) is 0 Å². The van der Waals surface area contributed by atoms with Gasteiger partial charge in [0.15, 0.2) is 10.8 Å². The van der Waals surface area contributed by atoms with Gasteiger partial charge in [-0.05, 0) is 31.2 Å². The zero-order chi connectivity index (χ0) is 10.3. The van der Waals surface area contributed by atoms with Crippen LogP contribution in [0.4, 0.5) is 0 Å². The Morgan fingerprint density at radius 1 is 1.13 bits per heavy atom. The summed E-state index contributed by atoms with van der Waals surface area (Å²) in [6, 6.07) is 12.0. The van der Waals surface area contributed by atoms with Crippen molar-refractivity contribution in [3.05, 3.63) is 42.2 Å². The molecule has 0 fully saturated rings. The molecule has 0 aliphatic carbocycles. The molecule has 74 valence electrons. The molecule has 0 aliphatic heterocycles. The molecule has 0 aliphatic rings. The smallest absolute Gasteiger partial charge is 0.162 e. The second kappa shape index (κ2) is 3.21. The Kier molecular flexibility index (Phi) is 1.86. The summed E-state index contributed by atoms with van der Waals surface area (Å²) in [7, 11) is 0. The fraction of sp³-hybridized carbons (Fsp3) is 0.0833. The minimum absolute atomic E-state index is 0.855. The highest BCUT2D eigenvalue weighted by Gasteiger charge is 2.08. The van der Waals surface area contributed by atoms with E-state index in [0.717, 1.165) is 22.0 Å². The van der Waals surface area contributed by atoms with E-state index in [1.165, 1.54) is 4.70 Å². The Labute approximate surface area is 91.2 Å². The Hall–Kier alpha value is -1.61. The molecular formula is C12H9NOS. The first-order valence-corrected chi connectivity index (χ1v) is 5.57. The lowest BCUT2D eigenvalue weighted by Gasteiger charge is -1.86. The topological polar surface area (TPSA) is 26.0 Å². The fourth-order valence-electron chi connectivity index (χ4n) is 1.53. The number of furan rings is 1. The summed E-state index contributed by atoms with van der Waals surface area (Å²) in [6.45, 7) is 1.94. The quantitative estimate of drug-likeness (QED) is 0.616. The number of rotatable bonds is 1. The SMILES string of the molecule is Cc1ccc(-c2nc3ccccc3s2)o1. The standard InChI is InChI=1S/C12H9NOS/c1-8-6-7-10(14-8)12-13-9-4-2-3-5-11(9)15-12/h2-7H,1H3. The van der Waals surface area contributed by atoms with E-state index in [1.54, 1.807) is 11.3 Å². The van der Waals surface area contributed by atoms with Crippen LogP contribution in [0.1, 0.15) is 5.76 Å². The van der Waals surface area contributed by atoms with Crippen LogP contribution in [0.2, 0.25) is 0 Å². The highest BCUT2D eigenvalue weighted by molar-refractivity contribution is 7.21. The van der Waals surface area contributed by atoms with Crippen molar-refractivity contribution in [2.45, 2.75) is 6.92 Å². The minimum atomic E-state index is 0.855. The molecule has 1 aromatic carbocycles. The van der Waals surface area contributed by atoms with Gasteiger partial charge >= 0.3 is 0 Å². The number of hydrogen-bond donors (Lipinski definition) is 0. The molecular weight excluding hydrogens is 206 g/mol. The molecule has 15 heavy (non-hydrogen) atoms. The molecule has 3 rings (SSSR count). The molecule has 0 saturated heterocycles. The molecule has 0 bridgehead atoms. The third kappa shape index (κ3) is 1.45. The molecule has 3 aromatic rings. The van der Waals surface area contributed by atoms with Crippen molar-refractivity contribution in [1.82, 2.24) is 4.98 Å². The van der Waals surface area contributed by atoms with Gasteiger partial charge in [0.1, 0.15) is 5.76 Å². The van der Waals surface area contributed by atoms with Gasteiger partial charge < -0.3 is 4.42 Å². The van der Waals surface area contributed by atoms with Gasteiger partial charge in [0.05, 0.1) is 10.2 Å². The van der Waals surface area contributed by atoms with Crippen LogP contribution in [0.5, 0.6) is 0 Å². The molecule has 0 unspecified atom stereocenters. The summed E-state index contributed by atoms with van der Waals surface area (Å²) in [5, 5.41) is 0.948. The van der Waals surface area contributed by atoms with E-state index >= 15 is 0 Å². The molecule has 0 radical (unpaired) electrons. The zero-order valence-corrected chi connectivity index (χ0v) is 9.04. The van der Waals surface area contributed by atoms with Gasteiger partial charge in [0, 0.05) is 0 Å². The van der Waals surface area contributed by atoms with Crippen molar-refractivity contribution in [1.29, 1.82) is 0 Å². The summed E-state index contributed by atoms with van der Waals surface area (Å²) in [5.74, 6) is 1.78. The molecule has 0 amide bonds. The molecule has 0 saturated carbocycles. The van der Waals surface area contributed by atoms with Gasteiger partial charge in [-0.25, -0.2) is 4.98 Å². The van der Waals surface area contributed by atoms with Crippen LogP contribution in [0.3, 0.4) is 0 Å². The lowest BCUT2D eigenvalue weighted by molar-refractivity contribution is 0.548. The summed E-state index contributed by atoms with van der Waals surface area (Å²) >= 11 is 1.66. The second-order valence-corrected chi connectivity index (χ2v) is 4.43. The largest absolute Gasteiger partial charge is 0.459 e. The number of thiazole rings is 1.